The molecule has 0 saturated heterocycles. The van der Waals surface area contributed by atoms with Gasteiger partial charge in [0, 0.05) is 28.8 Å². The third kappa shape index (κ3) is 4.52. The number of benzene rings is 2. The highest BCUT2D eigenvalue weighted by Crippen LogP contribution is 2.23. The lowest BCUT2D eigenvalue weighted by Crippen LogP contribution is -2.22. The summed E-state index contributed by atoms with van der Waals surface area (Å²) in [4.78, 5) is 33.0. The lowest BCUT2D eigenvalue weighted by atomic mass is 10.1. The molecule has 2 heterocycles. The molecule has 0 aliphatic rings. The van der Waals surface area contributed by atoms with Crippen molar-refractivity contribution in [3.8, 4) is 0 Å². The van der Waals surface area contributed by atoms with E-state index < -0.39 is 23.4 Å². The van der Waals surface area contributed by atoms with Gasteiger partial charge in [-0.25, -0.2) is 13.8 Å². The van der Waals surface area contributed by atoms with Crippen LogP contribution in [0.3, 0.4) is 0 Å². The van der Waals surface area contributed by atoms with Crippen molar-refractivity contribution in [2.75, 3.05) is 5.32 Å². The molecule has 4 rings (SSSR count). The maximum Gasteiger partial charge on any atom is 0.261 e. The average molecular weight is 464 g/mol. The predicted molar refractivity (Wildman–Crippen MR) is 119 cm³/mol. The van der Waals surface area contributed by atoms with Crippen molar-refractivity contribution in [3.63, 3.8) is 0 Å². The number of hydrogen-bond donors (Lipinski definition) is 3. The molecule has 0 unspecified atom stereocenters. The average Bonchev–Trinajstić information content (AvgIpc) is 2.81. The number of hydrogen-bond acceptors (Lipinski definition) is 6. The fraction of sp³-hybridized carbons (Fsp3) is 0.0833. The van der Waals surface area contributed by atoms with Crippen molar-refractivity contribution in [3.05, 3.63) is 94.3 Å². The Balaban J connectivity index is 1.90. The number of anilines is 1. The fourth-order valence-corrected chi connectivity index (χ4v) is 3.26. The van der Waals surface area contributed by atoms with Crippen LogP contribution in [0.2, 0.25) is 0 Å². The highest BCUT2D eigenvalue weighted by molar-refractivity contribution is 6.05. The van der Waals surface area contributed by atoms with Crippen LogP contribution in [0, 0.1) is 18.6 Å². The Morgan fingerprint density at radius 2 is 1.88 bits per heavy atom. The zero-order valence-electron chi connectivity index (χ0n) is 17.8. The van der Waals surface area contributed by atoms with Gasteiger partial charge in [-0.3, -0.25) is 14.6 Å². The van der Waals surface area contributed by atoms with E-state index in [9.17, 15) is 23.5 Å². The topological polar surface area (TPSA) is 131 Å². The number of nitrogens with one attached hydrogen (secondary N) is 1. The second-order valence-corrected chi connectivity index (χ2v) is 7.34. The number of nitrogens with two attached hydrogens (primary N) is 1. The van der Waals surface area contributed by atoms with Gasteiger partial charge in [0.15, 0.2) is 5.58 Å². The molecule has 0 aliphatic carbocycles. The summed E-state index contributed by atoms with van der Waals surface area (Å²) >= 11 is 0. The molecule has 172 valence electrons. The lowest BCUT2D eigenvalue weighted by molar-refractivity contribution is 0.0997. The predicted octanol–water partition coefficient (Wildman–Crippen LogP) is 3.49. The Kier molecular flexibility index (Phi) is 6.15. The van der Waals surface area contributed by atoms with Crippen LogP contribution in [-0.4, -0.2) is 21.9 Å². The van der Waals surface area contributed by atoms with E-state index in [0.717, 1.165) is 12.1 Å². The van der Waals surface area contributed by atoms with E-state index in [1.807, 2.05) is 0 Å². The molecule has 0 atom stereocenters. The largest absolute Gasteiger partial charge is 0.436 e. The maximum absolute atomic E-state index is 14.1. The standard InChI is InChI=1S/C24H18F2N4O4/c1-12-21-17(14(11-31)10-28-12)9-18(23(33)30-20-7-4-15(25)8-19(20)26)24(34-21)29-16-5-2-13(3-6-16)22(27)32/h2-10,31H,11H2,1H3,(H2,27,32)(H,30,33). The molecule has 2 aromatic carbocycles. The van der Waals surface area contributed by atoms with Crippen LogP contribution in [-0.2, 0) is 6.61 Å². The van der Waals surface area contributed by atoms with Crippen molar-refractivity contribution in [1.82, 2.24) is 4.98 Å². The van der Waals surface area contributed by atoms with E-state index in [2.05, 4.69) is 15.3 Å². The van der Waals surface area contributed by atoms with Gasteiger partial charge < -0.3 is 20.6 Å². The minimum absolute atomic E-state index is 0.0736. The fourth-order valence-electron chi connectivity index (χ4n) is 3.26. The Bertz CT molecular complexity index is 1500. The van der Waals surface area contributed by atoms with E-state index >= 15 is 0 Å². The summed E-state index contributed by atoms with van der Waals surface area (Å²) in [6.07, 6.45) is 1.45. The second-order valence-electron chi connectivity index (χ2n) is 7.34. The highest BCUT2D eigenvalue weighted by atomic mass is 19.1. The van der Waals surface area contributed by atoms with Crippen molar-refractivity contribution < 1.29 is 27.9 Å². The number of aryl methyl sites for hydroxylation is 1. The van der Waals surface area contributed by atoms with Gasteiger partial charge in [-0.2, -0.15) is 0 Å². The normalized spacial score (nSPS) is 11.6. The molecule has 0 radical (unpaired) electrons. The van der Waals surface area contributed by atoms with Crippen molar-refractivity contribution >= 4 is 34.2 Å². The molecule has 8 nitrogen and oxygen atoms in total. The van der Waals surface area contributed by atoms with Gasteiger partial charge in [0.1, 0.15) is 17.2 Å². The number of amides is 2. The minimum Gasteiger partial charge on any atom is -0.436 e. The molecule has 0 aliphatic heterocycles. The first-order chi connectivity index (χ1) is 16.3. The van der Waals surface area contributed by atoms with Crippen molar-refractivity contribution in [2.24, 2.45) is 10.7 Å². The van der Waals surface area contributed by atoms with Crippen LogP contribution in [0.25, 0.3) is 11.0 Å². The molecule has 0 saturated carbocycles. The van der Waals surface area contributed by atoms with Gasteiger partial charge in [0.25, 0.3) is 5.91 Å². The molecule has 10 heteroatoms. The first-order valence-corrected chi connectivity index (χ1v) is 10.0. The van der Waals surface area contributed by atoms with Crippen LogP contribution in [0.15, 0.2) is 64.1 Å². The molecular weight excluding hydrogens is 446 g/mol. The van der Waals surface area contributed by atoms with Crippen LogP contribution >= 0.6 is 0 Å². The summed E-state index contributed by atoms with van der Waals surface area (Å²) in [5.41, 5.74) is 6.63. The zero-order chi connectivity index (χ0) is 24.4. The number of pyridine rings is 1. The summed E-state index contributed by atoms with van der Waals surface area (Å²) in [7, 11) is 0. The zero-order valence-corrected chi connectivity index (χ0v) is 17.8. The molecule has 2 aromatic heterocycles. The summed E-state index contributed by atoms with van der Waals surface area (Å²) in [6, 6.07) is 10.1. The SMILES string of the molecule is Cc1ncc(CO)c2cc(C(=O)Nc3ccc(F)cc3F)c(=Nc3ccc(C(N)=O)cc3)oc12. The third-order valence-electron chi connectivity index (χ3n) is 5.03. The van der Waals surface area contributed by atoms with Gasteiger partial charge in [-0.1, -0.05) is 0 Å². The van der Waals surface area contributed by atoms with Crippen LogP contribution < -0.4 is 16.6 Å². The van der Waals surface area contributed by atoms with E-state index in [1.165, 1.54) is 36.5 Å². The first-order valence-electron chi connectivity index (χ1n) is 10.0. The number of carbonyl (C=O) groups is 2. The first kappa shape index (κ1) is 22.7. The van der Waals surface area contributed by atoms with Gasteiger partial charge in [0.05, 0.1) is 23.7 Å². The van der Waals surface area contributed by atoms with Crippen molar-refractivity contribution in [1.29, 1.82) is 0 Å². The maximum atomic E-state index is 14.1. The quantitative estimate of drug-likeness (QED) is 0.416. The van der Waals surface area contributed by atoms with E-state index in [-0.39, 0.29) is 29.0 Å². The Hall–Kier alpha value is -4.44. The molecule has 0 bridgehead atoms. The summed E-state index contributed by atoms with van der Waals surface area (Å²) in [5.74, 6) is -3.13. The molecule has 4 aromatic rings. The smallest absolute Gasteiger partial charge is 0.261 e. The van der Waals surface area contributed by atoms with E-state index in [4.69, 9.17) is 10.2 Å². The number of fused-ring (bicyclic) bond motifs is 1. The highest BCUT2D eigenvalue weighted by Gasteiger charge is 2.18. The summed E-state index contributed by atoms with van der Waals surface area (Å²) < 4.78 is 33.3. The lowest BCUT2D eigenvalue weighted by Gasteiger charge is -2.10. The number of aliphatic hydroxyl groups is 1. The van der Waals surface area contributed by atoms with E-state index in [1.54, 1.807) is 6.92 Å². The number of primary amides is 1. The van der Waals surface area contributed by atoms with Crippen molar-refractivity contribution in [2.45, 2.75) is 13.5 Å². The van der Waals surface area contributed by atoms with Gasteiger partial charge in [-0.15, -0.1) is 0 Å². The van der Waals surface area contributed by atoms with E-state index in [0.29, 0.717) is 34.0 Å². The van der Waals surface area contributed by atoms with Crippen LogP contribution in [0.5, 0.6) is 0 Å². The molecule has 0 spiro atoms. The van der Waals surface area contributed by atoms with Gasteiger partial charge >= 0.3 is 0 Å². The number of rotatable bonds is 5. The summed E-state index contributed by atoms with van der Waals surface area (Å²) in [5, 5.41) is 12.5. The second kappa shape index (κ2) is 9.20. The number of carbonyl (C=O) groups excluding carboxylic acids is 2. The number of halogens is 2. The number of aliphatic hydroxyl groups excluding tert-OH is 1. The monoisotopic (exact) mass is 464 g/mol. The Morgan fingerprint density at radius 3 is 2.53 bits per heavy atom. The number of aromatic nitrogens is 1. The third-order valence-corrected chi connectivity index (χ3v) is 5.03. The molecule has 4 N–H and O–H groups in total. The van der Waals surface area contributed by atoms with Crippen LogP contribution in [0.4, 0.5) is 20.2 Å². The number of nitrogens with zero attached hydrogens (tertiary/aromatic N) is 2. The van der Waals surface area contributed by atoms with Crippen LogP contribution in [0.1, 0.15) is 32.0 Å². The Morgan fingerprint density at radius 1 is 1.15 bits per heavy atom. The molecular formula is C24H18F2N4O4. The molecule has 2 amide bonds. The Labute approximate surface area is 191 Å². The molecule has 0 fully saturated rings. The summed E-state index contributed by atoms with van der Waals surface area (Å²) in [6.45, 7) is 1.32. The van der Waals surface area contributed by atoms with Gasteiger partial charge in [-0.05, 0) is 49.4 Å². The molecule has 34 heavy (non-hydrogen) atoms. The van der Waals surface area contributed by atoms with Gasteiger partial charge in [0.2, 0.25) is 11.5 Å². The minimum atomic E-state index is -0.956.